The highest BCUT2D eigenvalue weighted by Crippen LogP contribution is 2.34. The van der Waals surface area contributed by atoms with E-state index in [1.54, 1.807) is 28.4 Å². The zero-order chi connectivity index (χ0) is 20.2. The van der Waals surface area contributed by atoms with Crippen molar-refractivity contribution in [2.75, 3.05) is 38.8 Å². The number of hydrogen-bond donors (Lipinski definition) is 1. The Balaban J connectivity index is 1.22. The quantitative estimate of drug-likeness (QED) is 0.786. The number of fused-ring (bicyclic) bond motifs is 1. The zero-order valence-electron chi connectivity index (χ0n) is 16.4. The molecule has 0 aliphatic carbocycles. The standard InChI is InChI=1S/C21H25N3O4S/c1-23(12-17-3-2-10-29-17)20(25)13-24-8-6-15(7-9-24)21(26)22-16-4-5-18-19(11-16)28-14-27-18/h2-5,10-11,15H,6-9,12-14H2,1H3,(H,22,26). The molecule has 8 heteroatoms. The molecule has 1 aromatic heterocycles. The monoisotopic (exact) mass is 415 g/mol. The number of amides is 2. The van der Waals surface area contributed by atoms with Crippen molar-refractivity contribution in [3.05, 3.63) is 40.6 Å². The number of anilines is 1. The summed E-state index contributed by atoms with van der Waals surface area (Å²) in [6.07, 6.45) is 1.50. The van der Waals surface area contributed by atoms with Crippen molar-refractivity contribution in [2.24, 2.45) is 5.92 Å². The lowest BCUT2D eigenvalue weighted by Crippen LogP contribution is -2.43. The molecule has 29 heavy (non-hydrogen) atoms. The summed E-state index contributed by atoms with van der Waals surface area (Å²) in [7, 11) is 1.84. The maximum Gasteiger partial charge on any atom is 0.236 e. The van der Waals surface area contributed by atoms with Crippen LogP contribution in [0, 0.1) is 5.92 Å². The van der Waals surface area contributed by atoms with Crippen LogP contribution in [0.1, 0.15) is 17.7 Å². The molecule has 0 atom stereocenters. The van der Waals surface area contributed by atoms with E-state index in [4.69, 9.17) is 9.47 Å². The Kier molecular flexibility index (Phi) is 6.01. The molecule has 0 radical (unpaired) electrons. The van der Waals surface area contributed by atoms with Crippen LogP contribution < -0.4 is 14.8 Å². The highest BCUT2D eigenvalue weighted by molar-refractivity contribution is 7.09. The lowest BCUT2D eigenvalue weighted by atomic mass is 9.95. The molecule has 0 spiro atoms. The van der Waals surface area contributed by atoms with Crippen molar-refractivity contribution < 1.29 is 19.1 Å². The summed E-state index contributed by atoms with van der Waals surface area (Å²) in [4.78, 5) is 30.2. The fraction of sp³-hybridized carbons (Fsp3) is 0.429. The van der Waals surface area contributed by atoms with E-state index in [0.717, 1.165) is 25.9 Å². The first-order chi connectivity index (χ1) is 14.1. The number of carbonyl (C=O) groups is 2. The average molecular weight is 416 g/mol. The van der Waals surface area contributed by atoms with E-state index >= 15 is 0 Å². The van der Waals surface area contributed by atoms with Crippen LogP contribution >= 0.6 is 11.3 Å². The second-order valence-electron chi connectivity index (χ2n) is 7.44. The molecule has 7 nitrogen and oxygen atoms in total. The molecule has 2 aliphatic rings. The molecule has 2 amide bonds. The summed E-state index contributed by atoms with van der Waals surface area (Å²) in [6, 6.07) is 9.45. The fourth-order valence-corrected chi connectivity index (χ4v) is 4.37. The number of likely N-dealkylation sites (tertiary alicyclic amines) is 1. The number of ether oxygens (including phenoxy) is 2. The van der Waals surface area contributed by atoms with Crippen molar-refractivity contribution in [1.82, 2.24) is 9.80 Å². The second kappa shape index (κ2) is 8.84. The summed E-state index contributed by atoms with van der Waals surface area (Å²) >= 11 is 1.66. The molecular weight excluding hydrogens is 390 g/mol. The summed E-state index contributed by atoms with van der Waals surface area (Å²) in [5, 5.41) is 4.99. The van der Waals surface area contributed by atoms with E-state index in [-0.39, 0.29) is 24.5 Å². The van der Waals surface area contributed by atoms with Gasteiger partial charge in [0.15, 0.2) is 11.5 Å². The molecule has 2 aliphatic heterocycles. The van der Waals surface area contributed by atoms with Crippen molar-refractivity contribution in [1.29, 1.82) is 0 Å². The molecule has 3 heterocycles. The Morgan fingerprint density at radius 2 is 2.00 bits per heavy atom. The maximum atomic E-state index is 12.6. The third-order valence-electron chi connectivity index (χ3n) is 5.36. The number of hydrogen-bond acceptors (Lipinski definition) is 6. The van der Waals surface area contributed by atoms with Gasteiger partial charge in [0.2, 0.25) is 18.6 Å². The minimum atomic E-state index is -0.0457. The van der Waals surface area contributed by atoms with Gasteiger partial charge in [0.1, 0.15) is 0 Å². The lowest BCUT2D eigenvalue weighted by Gasteiger charge is -2.31. The molecule has 0 unspecified atom stereocenters. The van der Waals surface area contributed by atoms with E-state index in [0.29, 0.717) is 30.3 Å². The largest absolute Gasteiger partial charge is 0.454 e. The highest BCUT2D eigenvalue weighted by atomic mass is 32.1. The Bertz CT molecular complexity index is 863. The van der Waals surface area contributed by atoms with E-state index in [1.807, 2.05) is 30.6 Å². The van der Waals surface area contributed by atoms with E-state index in [9.17, 15) is 9.59 Å². The van der Waals surface area contributed by atoms with Gasteiger partial charge in [-0.1, -0.05) is 6.07 Å². The number of thiophene rings is 1. The predicted molar refractivity (Wildman–Crippen MR) is 111 cm³/mol. The number of nitrogens with zero attached hydrogens (tertiary/aromatic N) is 2. The van der Waals surface area contributed by atoms with Gasteiger partial charge in [-0.2, -0.15) is 0 Å². The van der Waals surface area contributed by atoms with Crippen LogP contribution in [0.5, 0.6) is 11.5 Å². The number of rotatable bonds is 6. The van der Waals surface area contributed by atoms with Gasteiger partial charge >= 0.3 is 0 Å². The van der Waals surface area contributed by atoms with Gasteiger partial charge in [0.25, 0.3) is 0 Å². The maximum absolute atomic E-state index is 12.6. The van der Waals surface area contributed by atoms with Crippen LogP contribution in [0.3, 0.4) is 0 Å². The Morgan fingerprint density at radius 1 is 1.21 bits per heavy atom. The van der Waals surface area contributed by atoms with Crippen LogP contribution in [0.15, 0.2) is 35.7 Å². The van der Waals surface area contributed by atoms with Crippen molar-refractivity contribution in [2.45, 2.75) is 19.4 Å². The predicted octanol–water partition coefficient (Wildman–Crippen LogP) is 2.79. The van der Waals surface area contributed by atoms with Gasteiger partial charge in [-0.3, -0.25) is 14.5 Å². The van der Waals surface area contributed by atoms with Crippen LogP contribution in [-0.2, 0) is 16.1 Å². The number of nitrogens with one attached hydrogen (secondary N) is 1. The SMILES string of the molecule is CN(Cc1cccs1)C(=O)CN1CCC(C(=O)Nc2ccc3c(c2)OCO3)CC1. The summed E-state index contributed by atoms with van der Waals surface area (Å²) < 4.78 is 10.6. The molecular formula is C21H25N3O4S. The Morgan fingerprint density at radius 3 is 2.76 bits per heavy atom. The number of likely N-dealkylation sites (N-methyl/N-ethyl adjacent to an activating group) is 1. The average Bonchev–Trinajstić information content (AvgIpc) is 3.39. The molecule has 154 valence electrons. The minimum absolute atomic E-state index is 0.0182. The third kappa shape index (κ3) is 4.89. The Hall–Kier alpha value is -2.58. The number of benzene rings is 1. The molecule has 1 aromatic carbocycles. The van der Waals surface area contributed by atoms with Gasteiger partial charge in [-0.25, -0.2) is 0 Å². The van der Waals surface area contributed by atoms with Gasteiger partial charge in [0.05, 0.1) is 13.1 Å². The van der Waals surface area contributed by atoms with E-state index in [2.05, 4.69) is 10.2 Å². The first kappa shape index (κ1) is 19.7. The first-order valence-electron chi connectivity index (χ1n) is 9.78. The van der Waals surface area contributed by atoms with Crippen LogP contribution in [-0.4, -0.2) is 55.1 Å². The lowest BCUT2D eigenvalue weighted by molar-refractivity contribution is -0.132. The van der Waals surface area contributed by atoms with Crippen LogP contribution in [0.25, 0.3) is 0 Å². The molecule has 2 aromatic rings. The number of piperidine rings is 1. The topological polar surface area (TPSA) is 71.1 Å². The van der Waals surface area contributed by atoms with Crippen molar-refractivity contribution in [3.8, 4) is 11.5 Å². The van der Waals surface area contributed by atoms with Gasteiger partial charge < -0.3 is 19.7 Å². The van der Waals surface area contributed by atoms with Crippen LogP contribution in [0.2, 0.25) is 0 Å². The first-order valence-corrected chi connectivity index (χ1v) is 10.7. The van der Waals surface area contributed by atoms with E-state index < -0.39 is 0 Å². The van der Waals surface area contributed by atoms with Crippen molar-refractivity contribution in [3.63, 3.8) is 0 Å². The molecule has 4 rings (SSSR count). The van der Waals surface area contributed by atoms with Crippen LogP contribution in [0.4, 0.5) is 5.69 Å². The molecule has 0 bridgehead atoms. The summed E-state index contributed by atoms with van der Waals surface area (Å²) in [5.74, 6) is 1.44. The number of carbonyl (C=O) groups excluding carboxylic acids is 2. The van der Waals surface area contributed by atoms with Gasteiger partial charge in [0, 0.05) is 29.6 Å². The highest BCUT2D eigenvalue weighted by Gasteiger charge is 2.27. The van der Waals surface area contributed by atoms with Gasteiger partial charge in [-0.15, -0.1) is 11.3 Å². The second-order valence-corrected chi connectivity index (χ2v) is 8.47. The zero-order valence-corrected chi connectivity index (χ0v) is 17.2. The van der Waals surface area contributed by atoms with Crippen molar-refractivity contribution >= 4 is 28.8 Å². The fourth-order valence-electron chi connectivity index (χ4n) is 3.61. The molecule has 1 N–H and O–H groups in total. The molecule has 0 saturated carbocycles. The Labute approximate surface area is 174 Å². The normalized spacial score (nSPS) is 16.6. The van der Waals surface area contributed by atoms with E-state index in [1.165, 1.54) is 4.88 Å². The molecule has 1 saturated heterocycles. The molecule has 1 fully saturated rings. The summed E-state index contributed by atoms with van der Waals surface area (Å²) in [5.41, 5.74) is 0.715. The third-order valence-corrected chi connectivity index (χ3v) is 6.22. The van der Waals surface area contributed by atoms with Gasteiger partial charge in [-0.05, 0) is 49.5 Å². The minimum Gasteiger partial charge on any atom is -0.454 e. The summed E-state index contributed by atoms with van der Waals surface area (Å²) in [6.45, 7) is 2.76. The smallest absolute Gasteiger partial charge is 0.236 e.